The summed E-state index contributed by atoms with van der Waals surface area (Å²) in [6.45, 7) is 3.77. The van der Waals surface area contributed by atoms with Gasteiger partial charge < -0.3 is 15.1 Å². The van der Waals surface area contributed by atoms with Crippen LogP contribution in [0.4, 0.5) is 4.39 Å². The third-order valence-corrected chi connectivity index (χ3v) is 7.64. The molecular weight excluding hydrogens is 441 g/mol. The van der Waals surface area contributed by atoms with Crippen molar-refractivity contribution < 1.29 is 18.8 Å². The highest BCUT2D eigenvalue weighted by Gasteiger charge is 2.38. The largest absolute Gasteiger partial charge is 0.339 e. The van der Waals surface area contributed by atoms with Crippen LogP contribution in [-0.4, -0.2) is 59.2 Å². The number of rotatable bonds is 5. The predicted octanol–water partition coefficient (Wildman–Crippen LogP) is 3.94. The molecule has 0 spiro atoms. The fraction of sp³-hybridized carbons (Fsp3) is 0.480. The number of nitrogens with one attached hydrogen (secondary N) is 1. The molecule has 1 aromatic carbocycles. The zero-order valence-corrected chi connectivity index (χ0v) is 19.7. The molecule has 2 atom stereocenters. The number of amides is 3. The average molecular weight is 472 g/mol. The van der Waals surface area contributed by atoms with E-state index >= 15 is 0 Å². The molecule has 6 nitrogen and oxygen atoms in total. The lowest BCUT2D eigenvalue weighted by molar-refractivity contribution is -0.138. The van der Waals surface area contributed by atoms with Crippen molar-refractivity contribution in [2.45, 2.75) is 51.1 Å². The minimum absolute atomic E-state index is 0.0181. The Hall–Kier alpha value is -2.74. The lowest BCUT2D eigenvalue weighted by atomic mass is 9.87. The molecule has 2 aromatic rings. The van der Waals surface area contributed by atoms with E-state index in [1.165, 1.54) is 35.6 Å². The van der Waals surface area contributed by atoms with E-state index in [0.717, 1.165) is 19.3 Å². The molecule has 2 unspecified atom stereocenters. The Kier molecular flexibility index (Phi) is 7.42. The molecule has 1 aromatic heterocycles. The van der Waals surface area contributed by atoms with Crippen LogP contribution in [0.1, 0.15) is 59.1 Å². The maximum atomic E-state index is 13.6. The first-order valence-electron chi connectivity index (χ1n) is 11.6. The van der Waals surface area contributed by atoms with E-state index in [0.29, 0.717) is 42.9 Å². The quantitative estimate of drug-likeness (QED) is 0.718. The van der Waals surface area contributed by atoms with Gasteiger partial charge >= 0.3 is 0 Å². The summed E-state index contributed by atoms with van der Waals surface area (Å²) in [6.07, 6.45) is 4.31. The van der Waals surface area contributed by atoms with Crippen LogP contribution < -0.4 is 5.32 Å². The third-order valence-electron chi connectivity index (χ3n) is 6.77. The molecule has 2 aliphatic rings. The second-order valence-corrected chi connectivity index (χ2v) is 9.89. The molecule has 176 valence electrons. The summed E-state index contributed by atoms with van der Waals surface area (Å²) in [7, 11) is 0. The van der Waals surface area contributed by atoms with Crippen molar-refractivity contribution in [2.75, 3.05) is 19.6 Å². The lowest BCUT2D eigenvalue weighted by Crippen LogP contribution is -2.57. The number of benzene rings is 1. The van der Waals surface area contributed by atoms with Gasteiger partial charge in [-0.1, -0.05) is 6.07 Å². The second-order valence-electron chi connectivity index (χ2n) is 8.94. The second kappa shape index (κ2) is 10.5. The van der Waals surface area contributed by atoms with Crippen LogP contribution in [0.2, 0.25) is 0 Å². The van der Waals surface area contributed by atoms with Gasteiger partial charge in [0.25, 0.3) is 11.8 Å². The first-order chi connectivity index (χ1) is 15.9. The summed E-state index contributed by atoms with van der Waals surface area (Å²) < 4.78 is 13.2. The number of piperidine rings is 2. The number of carbonyl (C=O) groups is 3. The number of thiophene rings is 1. The summed E-state index contributed by atoms with van der Waals surface area (Å²) in [5.74, 6) is -0.801. The van der Waals surface area contributed by atoms with Gasteiger partial charge in [-0.2, -0.15) is 0 Å². The Morgan fingerprint density at radius 2 is 1.76 bits per heavy atom. The number of nitrogens with zero attached hydrogens (tertiary/aromatic N) is 2. The number of hydrogen-bond acceptors (Lipinski definition) is 4. The molecule has 4 rings (SSSR count). The minimum atomic E-state index is -0.608. The van der Waals surface area contributed by atoms with E-state index in [-0.39, 0.29) is 35.5 Å². The highest BCUT2D eigenvalue weighted by Crippen LogP contribution is 2.26. The zero-order valence-electron chi connectivity index (χ0n) is 18.8. The first kappa shape index (κ1) is 23.4. The van der Waals surface area contributed by atoms with E-state index in [1.54, 1.807) is 11.0 Å². The Morgan fingerprint density at radius 1 is 1.03 bits per heavy atom. The zero-order chi connectivity index (χ0) is 23.4. The van der Waals surface area contributed by atoms with Gasteiger partial charge in [0.1, 0.15) is 11.9 Å². The molecule has 3 amide bonds. The minimum Gasteiger partial charge on any atom is -0.339 e. The Labute approximate surface area is 197 Å². The average Bonchev–Trinajstić information content (AvgIpc) is 3.38. The van der Waals surface area contributed by atoms with Crippen LogP contribution in [-0.2, 0) is 4.79 Å². The van der Waals surface area contributed by atoms with E-state index in [2.05, 4.69) is 12.2 Å². The van der Waals surface area contributed by atoms with Crippen molar-refractivity contribution in [3.63, 3.8) is 0 Å². The van der Waals surface area contributed by atoms with Crippen molar-refractivity contribution in [1.82, 2.24) is 15.1 Å². The topological polar surface area (TPSA) is 69.7 Å². The van der Waals surface area contributed by atoms with Crippen molar-refractivity contribution in [1.29, 1.82) is 0 Å². The summed E-state index contributed by atoms with van der Waals surface area (Å²) in [4.78, 5) is 43.5. The van der Waals surface area contributed by atoms with E-state index in [1.807, 2.05) is 16.3 Å². The van der Waals surface area contributed by atoms with Crippen LogP contribution in [0.25, 0.3) is 0 Å². The normalized spacial score (nSPS) is 20.4. The Bertz CT molecular complexity index is 971. The fourth-order valence-electron chi connectivity index (χ4n) is 4.82. The molecular formula is C25H30FN3O3S. The Morgan fingerprint density at radius 3 is 2.39 bits per heavy atom. The van der Waals surface area contributed by atoms with Crippen molar-refractivity contribution in [3.8, 4) is 0 Å². The van der Waals surface area contributed by atoms with Crippen molar-refractivity contribution in [2.24, 2.45) is 5.92 Å². The highest BCUT2D eigenvalue weighted by molar-refractivity contribution is 7.12. The smallest absolute Gasteiger partial charge is 0.262 e. The van der Waals surface area contributed by atoms with Crippen LogP contribution in [0.15, 0.2) is 41.8 Å². The van der Waals surface area contributed by atoms with E-state index in [9.17, 15) is 18.8 Å². The molecule has 0 radical (unpaired) electrons. The number of halogens is 1. The van der Waals surface area contributed by atoms with Gasteiger partial charge in [-0.15, -0.1) is 11.3 Å². The fourth-order valence-corrected chi connectivity index (χ4v) is 5.44. The monoisotopic (exact) mass is 471 g/mol. The van der Waals surface area contributed by atoms with Gasteiger partial charge in [0.2, 0.25) is 5.91 Å². The summed E-state index contributed by atoms with van der Waals surface area (Å²) in [5, 5.41) is 4.87. The SMILES string of the molecule is CC1CCCCN1C(=O)C(NC(=O)c1cccs1)C1CCN(C(=O)c2ccc(F)cc2)CC1. The van der Waals surface area contributed by atoms with Gasteiger partial charge in [0.15, 0.2) is 0 Å². The number of likely N-dealkylation sites (tertiary alicyclic amines) is 2. The molecule has 2 saturated heterocycles. The highest BCUT2D eigenvalue weighted by atomic mass is 32.1. The van der Waals surface area contributed by atoms with Gasteiger partial charge in [0.05, 0.1) is 4.88 Å². The number of carbonyl (C=O) groups excluding carboxylic acids is 3. The summed E-state index contributed by atoms with van der Waals surface area (Å²) >= 11 is 1.35. The van der Waals surface area contributed by atoms with Crippen LogP contribution in [0.3, 0.4) is 0 Å². The molecule has 1 N–H and O–H groups in total. The number of hydrogen-bond donors (Lipinski definition) is 1. The third kappa shape index (κ3) is 5.43. The van der Waals surface area contributed by atoms with E-state index in [4.69, 9.17) is 0 Å². The Balaban J connectivity index is 1.46. The molecule has 0 bridgehead atoms. The standard InChI is InChI=1S/C25H30FN3O3S/c1-17-5-2-3-13-29(17)25(32)22(27-23(30)21-6-4-16-33-21)18-11-14-28(15-12-18)24(31)19-7-9-20(26)10-8-19/h4,6-10,16-18,22H,2-3,5,11-15H2,1H3,(H,27,30). The molecule has 8 heteroatoms. The summed E-state index contributed by atoms with van der Waals surface area (Å²) in [5.41, 5.74) is 0.454. The van der Waals surface area contributed by atoms with Crippen LogP contribution in [0.5, 0.6) is 0 Å². The molecule has 0 aliphatic carbocycles. The lowest BCUT2D eigenvalue weighted by Gasteiger charge is -2.40. The maximum absolute atomic E-state index is 13.6. The molecule has 33 heavy (non-hydrogen) atoms. The molecule has 2 aliphatic heterocycles. The predicted molar refractivity (Wildman–Crippen MR) is 126 cm³/mol. The van der Waals surface area contributed by atoms with Gasteiger partial charge in [-0.3, -0.25) is 14.4 Å². The van der Waals surface area contributed by atoms with Crippen LogP contribution in [0, 0.1) is 11.7 Å². The van der Waals surface area contributed by atoms with Gasteiger partial charge in [-0.05, 0) is 80.7 Å². The molecule has 2 fully saturated rings. The van der Waals surface area contributed by atoms with E-state index < -0.39 is 6.04 Å². The first-order valence-corrected chi connectivity index (χ1v) is 12.5. The van der Waals surface area contributed by atoms with Crippen LogP contribution >= 0.6 is 11.3 Å². The van der Waals surface area contributed by atoms with Gasteiger partial charge in [-0.25, -0.2) is 4.39 Å². The summed E-state index contributed by atoms with van der Waals surface area (Å²) in [6, 6.07) is 8.70. The molecule has 0 saturated carbocycles. The molecule has 3 heterocycles. The maximum Gasteiger partial charge on any atom is 0.262 e. The van der Waals surface area contributed by atoms with Crippen molar-refractivity contribution >= 4 is 29.1 Å². The van der Waals surface area contributed by atoms with Gasteiger partial charge in [0, 0.05) is 31.2 Å². The van der Waals surface area contributed by atoms with Crippen molar-refractivity contribution in [3.05, 3.63) is 58.0 Å².